The van der Waals surface area contributed by atoms with Gasteiger partial charge in [-0.05, 0) is 30.3 Å². The molecular formula is C19H11F3N4. The van der Waals surface area contributed by atoms with E-state index >= 15 is 0 Å². The van der Waals surface area contributed by atoms with Gasteiger partial charge >= 0.3 is 0 Å². The number of fused-ring (bicyclic) bond motifs is 1. The van der Waals surface area contributed by atoms with Crippen LogP contribution in [0, 0.1) is 17.5 Å². The number of rotatable bonds is 3. The highest BCUT2D eigenvalue weighted by molar-refractivity contribution is 5.92. The van der Waals surface area contributed by atoms with Gasteiger partial charge in [0.25, 0.3) is 0 Å². The quantitative estimate of drug-likeness (QED) is 0.572. The van der Waals surface area contributed by atoms with E-state index in [1.165, 1.54) is 18.3 Å². The normalized spacial score (nSPS) is 10.9. The summed E-state index contributed by atoms with van der Waals surface area (Å²) in [7, 11) is 0. The Balaban J connectivity index is 1.87. The molecular weight excluding hydrogens is 341 g/mol. The van der Waals surface area contributed by atoms with Gasteiger partial charge in [0.2, 0.25) is 0 Å². The monoisotopic (exact) mass is 352 g/mol. The van der Waals surface area contributed by atoms with Crippen LogP contribution in [0.4, 0.5) is 24.7 Å². The van der Waals surface area contributed by atoms with Crippen molar-refractivity contribution in [2.24, 2.45) is 0 Å². The van der Waals surface area contributed by atoms with Crippen molar-refractivity contribution in [3.63, 3.8) is 0 Å². The van der Waals surface area contributed by atoms with Crippen LogP contribution in [0.2, 0.25) is 0 Å². The maximum Gasteiger partial charge on any atom is 0.165 e. The Hall–Kier alpha value is -3.48. The lowest BCUT2D eigenvalue weighted by Crippen LogP contribution is -2.01. The van der Waals surface area contributed by atoms with Gasteiger partial charge in [-0.1, -0.05) is 12.1 Å². The molecule has 1 N–H and O–H groups in total. The first kappa shape index (κ1) is 16.0. The molecule has 4 aromatic rings. The van der Waals surface area contributed by atoms with Crippen molar-refractivity contribution in [3.8, 4) is 11.4 Å². The van der Waals surface area contributed by atoms with E-state index in [1.807, 2.05) is 0 Å². The van der Waals surface area contributed by atoms with Gasteiger partial charge in [-0.2, -0.15) is 0 Å². The van der Waals surface area contributed by atoms with Crippen LogP contribution in [-0.4, -0.2) is 15.0 Å². The molecule has 7 heteroatoms. The van der Waals surface area contributed by atoms with E-state index in [0.29, 0.717) is 22.4 Å². The average molecular weight is 352 g/mol. The van der Waals surface area contributed by atoms with Gasteiger partial charge in [0.1, 0.15) is 5.82 Å². The number of nitrogens with zero attached hydrogens (tertiary/aromatic N) is 3. The Kier molecular flexibility index (Phi) is 3.96. The molecule has 2 aromatic heterocycles. The van der Waals surface area contributed by atoms with Gasteiger partial charge in [0.15, 0.2) is 23.3 Å². The number of anilines is 2. The fraction of sp³-hybridized carbons (Fsp3) is 0. The van der Waals surface area contributed by atoms with E-state index in [1.54, 1.807) is 24.3 Å². The number of pyridine rings is 1. The SMILES string of the molecule is Fc1ccc(Nc2nc(-c3ccncc3F)nc3ccccc23)cc1F. The van der Waals surface area contributed by atoms with Crippen molar-refractivity contribution in [1.82, 2.24) is 15.0 Å². The van der Waals surface area contributed by atoms with Gasteiger partial charge in [-0.3, -0.25) is 4.98 Å². The molecule has 0 radical (unpaired) electrons. The molecule has 0 atom stereocenters. The highest BCUT2D eigenvalue weighted by atomic mass is 19.2. The maximum absolute atomic E-state index is 14.1. The summed E-state index contributed by atoms with van der Waals surface area (Å²) in [5, 5.41) is 3.61. The van der Waals surface area contributed by atoms with Crippen LogP contribution < -0.4 is 5.32 Å². The van der Waals surface area contributed by atoms with E-state index in [0.717, 1.165) is 18.3 Å². The van der Waals surface area contributed by atoms with Crippen LogP contribution >= 0.6 is 0 Å². The maximum atomic E-state index is 14.1. The Morgan fingerprint density at radius 3 is 2.46 bits per heavy atom. The first-order chi connectivity index (χ1) is 12.6. The molecule has 0 fully saturated rings. The second kappa shape index (κ2) is 6.44. The minimum Gasteiger partial charge on any atom is -0.340 e. The summed E-state index contributed by atoms with van der Waals surface area (Å²) < 4.78 is 40.7. The van der Waals surface area contributed by atoms with Crippen molar-refractivity contribution in [1.29, 1.82) is 0 Å². The molecule has 0 saturated heterocycles. The fourth-order valence-electron chi connectivity index (χ4n) is 2.56. The van der Waals surface area contributed by atoms with Gasteiger partial charge in [0, 0.05) is 23.3 Å². The van der Waals surface area contributed by atoms with Crippen LogP contribution in [0.25, 0.3) is 22.3 Å². The number of nitrogens with one attached hydrogen (secondary N) is 1. The van der Waals surface area contributed by atoms with Crippen LogP contribution in [0.5, 0.6) is 0 Å². The van der Waals surface area contributed by atoms with Crippen LogP contribution in [0.15, 0.2) is 60.9 Å². The first-order valence-corrected chi connectivity index (χ1v) is 7.70. The Labute approximate surface area is 146 Å². The summed E-state index contributed by atoms with van der Waals surface area (Å²) in [5.74, 6) is -1.96. The summed E-state index contributed by atoms with van der Waals surface area (Å²) in [6.45, 7) is 0. The van der Waals surface area contributed by atoms with Crippen molar-refractivity contribution in [2.75, 3.05) is 5.32 Å². The Bertz CT molecular complexity index is 1110. The molecule has 4 nitrogen and oxygen atoms in total. The van der Waals surface area contributed by atoms with Gasteiger partial charge in [0.05, 0.1) is 17.3 Å². The molecule has 2 heterocycles. The van der Waals surface area contributed by atoms with Gasteiger partial charge in [-0.25, -0.2) is 23.1 Å². The molecule has 0 unspecified atom stereocenters. The molecule has 26 heavy (non-hydrogen) atoms. The average Bonchev–Trinajstić information content (AvgIpc) is 2.65. The summed E-state index contributed by atoms with van der Waals surface area (Å²) in [6, 6.07) is 12.0. The predicted molar refractivity (Wildman–Crippen MR) is 92.4 cm³/mol. The molecule has 128 valence electrons. The van der Waals surface area contributed by atoms with Crippen molar-refractivity contribution in [2.45, 2.75) is 0 Å². The zero-order valence-electron chi connectivity index (χ0n) is 13.2. The standard InChI is InChI=1S/C19H11F3N4/c20-14-6-5-11(9-15(14)21)24-19-13-3-1-2-4-17(13)25-18(26-19)12-7-8-23-10-16(12)22/h1-10H,(H,24,25,26). The number of benzene rings is 2. The zero-order valence-corrected chi connectivity index (χ0v) is 13.2. The van der Waals surface area contributed by atoms with Crippen LogP contribution in [0.1, 0.15) is 0 Å². The highest BCUT2D eigenvalue weighted by Gasteiger charge is 2.13. The summed E-state index contributed by atoms with van der Waals surface area (Å²) in [5.41, 5.74) is 1.09. The smallest absolute Gasteiger partial charge is 0.165 e. The van der Waals surface area contributed by atoms with Crippen molar-refractivity contribution >= 4 is 22.4 Å². The Morgan fingerprint density at radius 2 is 1.65 bits per heavy atom. The molecule has 2 aromatic carbocycles. The summed E-state index contributed by atoms with van der Waals surface area (Å²) in [6.07, 6.45) is 2.52. The minimum atomic E-state index is -0.978. The van der Waals surface area contributed by atoms with E-state index in [4.69, 9.17) is 0 Å². The number of aromatic nitrogens is 3. The molecule has 0 spiro atoms. The fourth-order valence-corrected chi connectivity index (χ4v) is 2.56. The van der Waals surface area contributed by atoms with E-state index in [9.17, 15) is 13.2 Å². The Morgan fingerprint density at radius 1 is 0.808 bits per heavy atom. The van der Waals surface area contributed by atoms with E-state index in [2.05, 4.69) is 20.3 Å². The second-order valence-electron chi connectivity index (χ2n) is 5.52. The molecule has 4 rings (SSSR count). The third-order valence-electron chi connectivity index (χ3n) is 3.80. The largest absolute Gasteiger partial charge is 0.340 e. The third-order valence-corrected chi connectivity index (χ3v) is 3.80. The lowest BCUT2D eigenvalue weighted by atomic mass is 10.2. The van der Waals surface area contributed by atoms with E-state index < -0.39 is 17.5 Å². The van der Waals surface area contributed by atoms with Crippen LogP contribution in [0.3, 0.4) is 0 Å². The number of hydrogen-bond acceptors (Lipinski definition) is 4. The third kappa shape index (κ3) is 2.95. The lowest BCUT2D eigenvalue weighted by molar-refractivity contribution is 0.509. The molecule has 0 aliphatic carbocycles. The van der Waals surface area contributed by atoms with E-state index in [-0.39, 0.29) is 11.4 Å². The highest BCUT2D eigenvalue weighted by Crippen LogP contribution is 2.28. The number of para-hydroxylation sites is 1. The summed E-state index contributed by atoms with van der Waals surface area (Å²) in [4.78, 5) is 12.5. The molecule has 0 saturated carbocycles. The van der Waals surface area contributed by atoms with Crippen molar-refractivity contribution in [3.05, 3.63) is 78.4 Å². The first-order valence-electron chi connectivity index (χ1n) is 7.70. The van der Waals surface area contributed by atoms with Crippen molar-refractivity contribution < 1.29 is 13.2 Å². The summed E-state index contributed by atoms with van der Waals surface area (Å²) >= 11 is 0. The molecule has 0 aliphatic rings. The van der Waals surface area contributed by atoms with Crippen LogP contribution in [-0.2, 0) is 0 Å². The molecule has 0 aliphatic heterocycles. The topological polar surface area (TPSA) is 50.7 Å². The van der Waals surface area contributed by atoms with Gasteiger partial charge in [-0.15, -0.1) is 0 Å². The predicted octanol–water partition coefficient (Wildman–Crippen LogP) is 4.85. The molecule has 0 bridgehead atoms. The number of halogens is 3. The second-order valence-corrected chi connectivity index (χ2v) is 5.52. The zero-order chi connectivity index (χ0) is 18.1. The van der Waals surface area contributed by atoms with Gasteiger partial charge < -0.3 is 5.32 Å². The number of hydrogen-bond donors (Lipinski definition) is 1. The molecule has 0 amide bonds. The minimum absolute atomic E-state index is 0.161. The lowest BCUT2D eigenvalue weighted by Gasteiger charge is -2.11.